The SMILES string of the molecule is COC1=CC=C(B(O)O)CO1. The third kappa shape index (κ3) is 1.99. The van der Waals surface area contributed by atoms with Crippen molar-refractivity contribution in [1.29, 1.82) is 0 Å². The van der Waals surface area contributed by atoms with Crippen LogP contribution >= 0.6 is 0 Å². The van der Waals surface area contributed by atoms with Crippen LogP contribution in [0.5, 0.6) is 0 Å². The highest BCUT2D eigenvalue weighted by atomic mass is 16.7. The Morgan fingerprint density at radius 3 is 2.64 bits per heavy atom. The molecule has 11 heavy (non-hydrogen) atoms. The van der Waals surface area contributed by atoms with E-state index in [1.807, 2.05) is 0 Å². The second-order valence-corrected chi connectivity index (χ2v) is 2.09. The Morgan fingerprint density at radius 2 is 2.27 bits per heavy atom. The molecule has 1 aliphatic rings. The van der Waals surface area contributed by atoms with Crippen molar-refractivity contribution in [1.82, 2.24) is 0 Å². The molecular formula is C6H9BO4. The summed E-state index contributed by atoms with van der Waals surface area (Å²) in [5, 5.41) is 17.3. The molecule has 0 saturated carbocycles. The van der Waals surface area contributed by atoms with Gasteiger partial charge in [0, 0.05) is 6.08 Å². The van der Waals surface area contributed by atoms with Crippen molar-refractivity contribution in [2.75, 3.05) is 13.7 Å². The first-order valence-electron chi connectivity index (χ1n) is 3.17. The molecule has 0 aromatic heterocycles. The lowest BCUT2D eigenvalue weighted by Gasteiger charge is -2.14. The molecule has 0 bridgehead atoms. The van der Waals surface area contributed by atoms with Crippen LogP contribution in [0.4, 0.5) is 0 Å². The van der Waals surface area contributed by atoms with Crippen molar-refractivity contribution >= 4 is 7.12 Å². The number of ether oxygens (including phenoxy) is 2. The van der Waals surface area contributed by atoms with Gasteiger partial charge in [-0.05, 0) is 5.47 Å². The Bertz CT molecular complexity index is 197. The first kappa shape index (κ1) is 8.16. The number of hydrogen-bond acceptors (Lipinski definition) is 4. The Kier molecular flexibility index (Phi) is 2.56. The molecule has 2 N–H and O–H groups in total. The van der Waals surface area contributed by atoms with E-state index in [1.54, 1.807) is 6.08 Å². The van der Waals surface area contributed by atoms with Gasteiger partial charge in [0.25, 0.3) is 5.95 Å². The first-order chi connectivity index (χ1) is 5.24. The summed E-state index contributed by atoms with van der Waals surface area (Å²) in [6, 6.07) is 0. The zero-order valence-corrected chi connectivity index (χ0v) is 6.15. The Hall–Kier alpha value is -0.935. The van der Waals surface area contributed by atoms with Crippen LogP contribution in [0.3, 0.4) is 0 Å². The summed E-state index contributed by atoms with van der Waals surface area (Å²) in [5.74, 6) is 0.384. The summed E-state index contributed by atoms with van der Waals surface area (Å²) >= 11 is 0. The second-order valence-electron chi connectivity index (χ2n) is 2.09. The van der Waals surface area contributed by atoms with Gasteiger partial charge in [0.15, 0.2) is 0 Å². The highest BCUT2D eigenvalue weighted by Gasteiger charge is 2.17. The van der Waals surface area contributed by atoms with Gasteiger partial charge in [-0.25, -0.2) is 0 Å². The van der Waals surface area contributed by atoms with E-state index in [9.17, 15) is 0 Å². The largest absolute Gasteiger partial charge is 0.487 e. The molecule has 0 aromatic carbocycles. The predicted molar refractivity (Wildman–Crippen MR) is 39.3 cm³/mol. The summed E-state index contributed by atoms with van der Waals surface area (Å²) in [7, 11) is 0.0460. The lowest BCUT2D eigenvalue weighted by molar-refractivity contribution is 0.0715. The second kappa shape index (κ2) is 3.45. The van der Waals surface area contributed by atoms with Crippen LogP contribution in [0, 0.1) is 0 Å². The average Bonchev–Trinajstić information content (AvgIpc) is 2.05. The molecule has 0 amide bonds. The van der Waals surface area contributed by atoms with Crippen LogP contribution in [-0.2, 0) is 9.47 Å². The fraction of sp³-hybridized carbons (Fsp3) is 0.333. The van der Waals surface area contributed by atoms with Gasteiger partial charge >= 0.3 is 7.12 Å². The zero-order valence-electron chi connectivity index (χ0n) is 6.15. The van der Waals surface area contributed by atoms with Crippen LogP contribution in [-0.4, -0.2) is 30.9 Å². The van der Waals surface area contributed by atoms with E-state index in [4.69, 9.17) is 19.5 Å². The summed E-state index contributed by atoms with van der Waals surface area (Å²) in [4.78, 5) is 0. The molecule has 0 saturated heterocycles. The van der Waals surface area contributed by atoms with Crippen LogP contribution < -0.4 is 0 Å². The van der Waals surface area contributed by atoms with Crippen LogP contribution in [0.25, 0.3) is 0 Å². The molecule has 0 atom stereocenters. The average molecular weight is 156 g/mol. The molecule has 4 nitrogen and oxygen atoms in total. The van der Waals surface area contributed by atoms with Crippen molar-refractivity contribution in [2.45, 2.75) is 0 Å². The van der Waals surface area contributed by atoms with Crippen LogP contribution in [0.1, 0.15) is 0 Å². The molecule has 1 heterocycles. The molecule has 0 aliphatic carbocycles. The molecule has 0 unspecified atom stereocenters. The third-order valence-corrected chi connectivity index (χ3v) is 1.35. The molecule has 0 aromatic rings. The maximum absolute atomic E-state index is 8.67. The maximum Gasteiger partial charge on any atom is 0.487 e. The van der Waals surface area contributed by atoms with Gasteiger partial charge in [-0.3, -0.25) is 0 Å². The minimum absolute atomic E-state index is 0.164. The third-order valence-electron chi connectivity index (χ3n) is 1.35. The van der Waals surface area contributed by atoms with Crippen molar-refractivity contribution in [3.8, 4) is 0 Å². The summed E-state index contributed by atoms with van der Waals surface area (Å²) in [6.45, 7) is 0.164. The topological polar surface area (TPSA) is 58.9 Å². The number of methoxy groups -OCH3 is 1. The molecule has 0 fully saturated rings. The van der Waals surface area contributed by atoms with Crippen molar-refractivity contribution in [3.63, 3.8) is 0 Å². The fourth-order valence-electron chi connectivity index (χ4n) is 0.713. The molecule has 1 rings (SSSR count). The van der Waals surface area contributed by atoms with Gasteiger partial charge in [0.1, 0.15) is 6.61 Å². The van der Waals surface area contributed by atoms with Crippen molar-refractivity contribution < 1.29 is 19.5 Å². The number of rotatable bonds is 2. The molecule has 1 aliphatic heterocycles. The highest BCUT2D eigenvalue weighted by molar-refractivity contribution is 6.50. The van der Waals surface area contributed by atoms with Gasteiger partial charge in [0.05, 0.1) is 7.11 Å². The maximum atomic E-state index is 8.67. The van der Waals surface area contributed by atoms with Gasteiger partial charge in [-0.15, -0.1) is 0 Å². The molecule has 0 radical (unpaired) electrons. The predicted octanol–water partition coefficient (Wildman–Crippen LogP) is -0.557. The lowest BCUT2D eigenvalue weighted by Crippen LogP contribution is -2.21. The fourth-order valence-corrected chi connectivity index (χ4v) is 0.713. The van der Waals surface area contributed by atoms with E-state index in [1.165, 1.54) is 13.2 Å². The van der Waals surface area contributed by atoms with E-state index < -0.39 is 7.12 Å². The van der Waals surface area contributed by atoms with Gasteiger partial charge in [-0.2, -0.15) is 0 Å². The minimum Gasteiger partial charge on any atom is -0.469 e. The number of allylic oxidation sites excluding steroid dienone is 2. The summed E-state index contributed by atoms with van der Waals surface area (Å²) in [6.07, 6.45) is 3.10. The van der Waals surface area contributed by atoms with E-state index >= 15 is 0 Å². The molecule has 5 heteroatoms. The Morgan fingerprint density at radius 1 is 1.55 bits per heavy atom. The molecule has 0 spiro atoms. The van der Waals surface area contributed by atoms with Crippen LogP contribution in [0.15, 0.2) is 23.6 Å². The Labute approximate surface area is 64.9 Å². The molecule has 60 valence electrons. The number of hydrogen-bond donors (Lipinski definition) is 2. The van der Waals surface area contributed by atoms with Crippen LogP contribution in [0.2, 0.25) is 0 Å². The van der Waals surface area contributed by atoms with E-state index in [2.05, 4.69) is 0 Å². The summed E-state index contributed by atoms with van der Waals surface area (Å²) in [5.41, 5.74) is 0.422. The van der Waals surface area contributed by atoms with Crippen molar-refractivity contribution in [3.05, 3.63) is 23.6 Å². The van der Waals surface area contributed by atoms with E-state index in [0.717, 1.165) is 0 Å². The zero-order chi connectivity index (χ0) is 8.27. The van der Waals surface area contributed by atoms with Gasteiger partial charge in [0.2, 0.25) is 0 Å². The van der Waals surface area contributed by atoms with E-state index in [0.29, 0.717) is 11.4 Å². The monoisotopic (exact) mass is 156 g/mol. The molecular weight excluding hydrogens is 147 g/mol. The smallest absolute Gasteiger partial charge is 0.469 e. The Balaban J connectivity index is 2.61. The van der Waals surface area contributed by atoms with Crippen molar-refractivity contribution in [2.24, 2.45) is 0 Å². The lowest BCUT2D eigenvalue weighted by atomic mass is 9.79. The summed E-state index contributed by atoms with van der Waals surface area (Å²) < 4.78 is 9.70. The highest BCUT2D eigenvalue weighted by Crippen LogP contribution is 2.10. The van der Waals surface area contributed by atoms with Gasteiger partial charge in [-0.1, -0.05) is 6.08 Å². The standard InChI is InChI=1S/C6H9BO4/c1-10-6-3-2-5(4-11-6)7(8)9/h2-3,8-9H,4H2,1H3. The normalized spacial score (nSPS) is 16.3. The van der Waals surface area contributed by atoms with E-state index in [-0.39, 0.29) is 6.61 Å². The van der Waals surface area contributed by atoms with Gasteiger partial charge < -0.3 is 19.5 Å². The minimum atomic E-state index is -1.44. The first-order valence-corrected chi connectivity index (χ1v) is 3.17. The quantitative estimate of drug-likeness (QED) is 0.526.